The average Bonchev–Trinajstić information content (AvgIpc) is 2.72. The highest BCUT2D eigenvalue weighted by molar-refractivity contribution is 5.56. The van der Waals surface area contributed by atoms with Crippen molar-refractivity contribution in [3.63, 3.8) is 0 Å². The van der Waals surface area contributed by atoms with E-state index < -0.39 is 0 Å². The van der Waals surface area contributed by atoms with Crippen LogP contribution in [0.5, 0.6) is 0 Å². The SMILES string of the molecule is CNCCOCc1cn(C(C=O)C(C)(C)C)nn1. The van der Waals surface area contributed by atoms with E-state index in [0.29, 0.717) is 13.2 Å². The van der Waals surface area contributed by atoms with Crippen molar-refractivity contribution in [1.29, 1.82) is 0 Å². The van der Waals surface area contributed by atoms with Crippen LogP contribution in [0.2, 0.25) is 0 Å². The quantitative estimate of drug-likeness (QED) is 0.576. The standard InChI is InChI=1S/C12H22N4O2/c1-12(2,3)11(8-17)16-7-10(14-15-16)9-18-6-5-13-4/h7-8,11,13H,5-6,9H2,1-4H3. The second-order valence-corrected chi connectivity index (χ2v) is 5.29. The van der Waals surface area contributed by atoms with Gasteiger partial charge >= 0.3 is 0 Å². The van der Waals surface area contributed by atoms with E-state index in [1.165, 1.54) is 0 Å². The van der Waals surface area contributed by atoms with E-state index in [9.17, 15) is 4.79 Å². The molecule has 1 aromatic heterocycles. The van der Waals surface area contributed by atoms with E-state index >= 15 is 0 Å². The summed E-state index contributed by atoms with van der Waals surface area (Å²) in [4.78, 5) is 11.1. The number of hydrogen-bond acceptors (Lipinski definition) is 5. The lowest BCUT2D eigenvalue weighted by Crippen LogP contribution is -2.26. The minimum Gasteiger partial charge on any atom is -0.374 e. The van der Waals surface area contributed by atoms with Gasteiger partial charge in [0.05, 0.1) is 19.4 Å². The molecule has 6 heteroatoms. The summed E-state index contributed by atoms with van der Waals surface area (Å²) in [5.41, 5.74) is 0.557. The second kappa shape index (κ2) is 6.61. The average molecular weight is 254 g/mol. The van der Waals surface area contributed by atoms with E-state index in [-0.39, 0.29) is 11.5 Å². The topological polar surface area (TPSA) is 69.0 Å². The second-order valence-electron chi connectivity index (χ2n) is 5.29. The Morgan fingerprint density at radius 1 is 1.56 bits per heavy atom. The number of ether oxygens (including phenoxy) is 1. The summed E-state index contributed by atoms with van der Waals surface area (Å²) in [7, 11) is 1.87. The highest BCUT2D eigenvalue weighted by Crippen LogP contribution is 2.27. The number of likely N-dealkylation sites (N-methyl/N-ethyl adjacent to an activating group) is 1. The molecule has 0 aromatic carbocycles. The fourth-order valence-electron chi connectivity index (χ4n) is 1.53. The van der Waals surface area contributed by atoms with Crippen LogP contribution in [0.25, 0.3) is 0 Å². The smallest absolute Gasteiger partial charge is 0.145 e. The number of carbonyl (C=O) groups excluding carboxylic acids is 1. The van der Waals surface area contributed by atoms with Gasteiger partial charge in [-0.2, -0.15) is 0 Å². The molecule has 0 amide bonds. The van der Waals surface area contributed by atoms with Crippen LogP contribution in [0, 0.1) is 5.41 Å². The number of aldehydes is 1. The molecule has 18 heavy (non-hydrogen) atoms. The lowest BCUT2D eigenvalue weighted by molar-refractivity contribution is -0.113. The van der Waals surface area contributed by atoms with Crippen LogP contribution < -0.4 is 5.32 Å². The molecule has 102 valence electrons. The lowest BCUT2D eigenvalue weighted by Gasteiger charge is -2.25. The van der Waals surface area contributed by atoms with Crippen molar-refractivity contribution in [2.24, 2.45) is 5.41 Å². The van der Waals surface area contributed by atoms with Crippen LogP contribution in [-0.4, -0.2) is 41.5 Å². The summed E-state index contributed by atoms with van der Waals surface area (Å²) < 4.78 is 7.01. The van der Waals surface area contributed by atoms with Crippen LogP contribution in [0.15, 0.2) is 6.20 Å². The van der Waals surface area contributed by atoms with Gasteiger partial charge in [-0.3, -0.25) is 0 Å². The van der Waals surface area contributed by atoms with Gasteiger partial charge in [0.2, 0.25) is 0 Å². The first-order chi connectivity index (χ1) is 8.49. The van der Waals surface area contributed by atoms with Gasteiger partial charge in [-0.15, -0.1) is 5.10 Å². The normalized spacial score (nSPS) is 13.6. The van der Waals surface area contributed by atoms with Crippen molar-refractivity contribution in [3.05, 3.63) is 11.9 Å². The number of nitrogens with zero attached hydrogens (tertiary/aromatic N) is 3. The van der Waals surface area contributed by atoms with Crippen LogP contribution >= 0.6 is 0 Å². The third kappa shape index (κ3) is 4.19. The summed E-state index contributed by atoms with van der Waals surface area (Å²) in [6.07, 6.45) is 2.67. The van der Waals surface area contributed by atoms with Gasteiger partial charge in [-0.1, -0.05) is 26.0 Å². The van der Waals surface area contributed by atoms with Gasteiger partial charge in [0.15, 0.2) is 0 Å². The Kier molecular flexibility index (Phi) is 5.43. The van der Waals surface area contributed by atoms with Crippen molar-refractivity contribution >= 4 is 6.29 Å². The Morgan fingerprint density at radius 3 is 2.83 bits per heavy atom. The van der Waals surface area contributed by atoms with Crippen molar-refractivity contribution < 1.29 is 9.53 Å². The molecule has 0 saturated heterocycles. The summed E-state index contributed by atoms with van der Waals surface area (Å²) in [6.45, 7) is 7.83. The third-order valence-electron chi connectivity index (χ3n) is 2.61. The molecule has 0 radical (unpaired) electrons. The molecule has 1 unspecified atom stereocenters. The molecule has 0 bridgehead atoms. The molecule has 0 fully saturated rings. The number of hydrogen-bond donors (Lipinski definition) is 1. The van der Waals surface area contributed by atoms with Gasteiger partial charge in [-0.05, 0) is 12.5 Å². The summed E-state index contributed by atoms with van der Waals surface area (Å²) >= 11 is 0. The molecular weight excluding hydrogens is 232 g/mol. The fourth-order valence-corrected chi connectivity index (χ4v) is 1.53. The van der Waals surface area contributed by atoms with E-state index in [4.69, 9.17) is 4.74 Å². The first-order valence-electron chi connectivity index (χ1n) is 6.07. The molecule has 1 atom stereocenters. The van der Waals surface area contributed by atoms with Gasteiger partial charge < -0.3 is 14.8 Å². The maximum atomic E-state index is 11.1. The Morgan fingerprint density at radius 2 is 2.28 bits per heavy atom. The summed E-state index contributed by atoms with van der Waals surface area (Å²) in [5.74, 6) is 0. The molecule has 1 N–H and O–H groups in total. The largest absolute Gasteiger partial charge is 0.374 e. The Bertz CT molecular complexity index is 370. The monoisotopic (exact) mass is 254 g/mol. The first kappa shape index (κ1) is 14.8. The molecule has 0 aliphatic heterocycles. The zero-order chi connectivity index (χ0) is 13.6. The first-order valence-corrected chi connectivity index (χ1v) is 6.07. The molecule has 0 aliphatic carbocycles. The maximum absolute atomic E-state index is 11.1. The van der Waals surface area contributed by atoms with Crippen molar-refractivity contribution in [1.82, 2.24) is 20.3 Å². The number of carbonyl (C=O) groups is 1. The van der Waals surface area contributed by atoms with Crippen molar-refractivity contribution in [2.75, 3.05) is 20.2 Å². The number of rotatable bonds is 7. The molecule has 6 nitrogen and oxygen atoms in total. The van der Waals surface area contributed by atoms with Gasteiger partial charge in [0.25, 0.3) is 0 Å². The minimum atomic E-state index is -0.309. The number of nitrogens with one attached hydrogen (secondary N) is 1. The van der Waals surface area contributed by atoms with Crippen molar-refractivity contribution in [2.45, 2.75) is 33.4 Å². The number of aromatic nitrogens is 3. The summed E-state index contributed by atoms with van der Waals surface area (Å²) in [6, 6.07) is -0.309. The van der Waals surface area contributed by atoms with Crippen LogP contribution in [0.1, 0.15) is 32.5 Å². The maximum Gasteiger partial charge on any atom is 0.145 e. The molecule has 1 aromatic rings. The highest BCUT2D eigenvalue weighted by Gasteiger charge is 2.26. The van der Waals surface area contributed by atoms with E-state index in [2.05, 4.69) is 15.6 Å². The molecule has 0 spiro atoms. The van der Waals surface area contributed by atoms with Crippen LogP contribution in [0.3, 0.4) is 0 Å². The predicted octanol–water partition coefficient (Wildman–Crippen LogP) is 0.800. The van der Waals surface area contributed by atoms with Gasteiger partial charge in [0.1, 0.15) is 18.0 Å². The minimum absolute atomic E-state index is 0.181. The Labute approximate surface area is 108 Å². The van der Waals surface area contributed by atoms with Crippen LogP contribution in [-0.2, 0) is 16.1 Å². The Hall–Kier alpha value is -1.27. The molecule has 0 saturated carbocycles. The zero-order valence-electron chi connectivity index (χ0n) is 11.5. The van der Waals surface area contributed by atoms with E-state index in [0.717, 1.165) is 18.5 Å². The zero-order valence-corrected chi connectivity index (χ0v) is 11.5. The predicted molar refractivity (Wildman–Crippen MR) is 68.2 cm³/mol. The third-order valence-corrected chi connectivity index (χ3v) is 2.61. The summed E-state index contributed by atoms with van der Waals surface area (Å²) in [5, 5.41) is 11.0. The van der Waals surface area contributed by atoms with Crippen LogP contribution in [0.4, 0.5) is 0 Å². The van der Waals surface area contributed by atoms with Gasteiger partial charge in [0, 0.05) is 6.54 Å². The Balaban J connectivity index is 2.59. The van der Waals surface area contributed by atoms with E-state index in [1.54, 1.807) is 10.9 Å². The van der Waals surface area contributed by atoms with E-state index in [1.807, 2.05) is 27.8 Å². The fraction of sp³-hybridized carbons (Fsp3) is 0.750. The van der Waals surface area contributed by atoms with Gasteiger partial charge in [-0.25, -0.2) is 4.68 Å². The lowest BCUT2D eigenvalue weighted by atomic mass is 9.88. The molecular formula is C12H22N4O2. The molecule has 0 aliphatic rings. The van der Waals surface area contributed by atoms with Crippen molar-refractivity contribution in [3.8, 4) is 0 Å². The molecule has 1 rings (SSSR count). The highest BCUT2D eigenvalue weighted by atomic mass is 16.5. The molecule has 1 heterocycles.